The molecule has 0 bridgehead atoms. The second kappa shape index (κ2) is 5.49. The summed E-state index contributed by atoms with van der Waals surface area (Å²) >= 11 is 0. The number of nitrogens with zero attached hydrogens (tertiary/aromatic N) is 2. The molecule has 0 spiro atoms. The van der Waals surface area contributed by atoms with Crippen LogP contribution in [0.25, 0.3) is 11.3 Å². The van der Waals surface area contributed by atoms with Crippen LogP contribution in [0.5, 0.6) is 0 Å². The normalized spacial score (nSPS) is 11.1. The lowest BCUT2D eigenvalue weighted by atomic mass is 10.0. The van der Waals surface area contributed by atoms with Gasteiger partial charge in [-0.05, 0) is 19.8 Å². The quantitative estimate of drug-likeness (QED) is 0.933. The van der Waals surface area contributed by atoms with Crippen molar-refractivity contribution in [2.24, 2.45) is 5.92 Å². The highest BCUT2D eigenvalue weighted by atomic mass is 16.1. The molecule has 0 unspecified atom stereocenters. The van der Waals surface area contributed by atoms with Gasteiger partial charge in [0.25, 0.3) is 5.56 Å². The zero-order chi connectivity index (χ0) is 14.9. The van der Waals surface area contributed by atoms with Crippen molar-refractivity contribution in [1.82, 2.24) is 9.78 Å². The number of aryl methyl sites for hydroxylation is 1. The van der Waals surface area contributed by atoms with Gasteiger partial charge in [0.05, 0.1) is 5.69 Å². The van der Waals surface area contributed by atoms with E-state index in [1.54, 1.807) is 0 Å². The molecule has 1 aromatic heterocycles. The van der Waals surface area contributed by atoms with Gasteiger partial charge >= 0.3 is 0 Å². The molecule has 0 fully saturated rings. The molecule has 4 nitrogen and oxygen atoms in total. The molecule has 0 saturated carbocycles. The lowest BCUT2D eigenvalue weighted by Gasteiger charge is -2.14. The van der Waals surface area contributed by atoms with Crippen LogP contribution >= 0.6 is 0 Å². The van der Waals surface area contributed by atoms with Crippen molar-refractivity contribution in [3.05, 3.63) is 45.7 Å². The number of rotatable bonds is 3. The Hall–Kier alpha value is -2.10. The smallest absolute Gasteiger partial charge is 0.290 e. The van der Waals surface area contributed by atoms with Gasteiger partial charge < -0.3 is 5.73 Å². The minimum absolute atomic E-state index is 0.202. The van der Waals surface area contributed by atoms with Crippen molar-refractivity contribution in [3.8, 4) is 11.3 Å². The SMILES string of the molecule is Cc1ccc(-c2nn(CC(C)C)c(=O)c(N)c2C)cc1. The molecule has 20 heavy (non-hydrogen) atoms. The van der Waals surface area contributed by atoms with Gasteiger partial charge in [0, 0.05) is 17.7 Å². The van der Waals surface area contributed by atoms with Gasteiger partial charge in [0.1, 0.15) is 5.69 Å². The summed E-state index contributed by atoms with van der Waals surface area (Å²) in [5.74, 6) is 0.341. The Morgan fingerprint density at radius 2 is 1.80 bits per heavy atom. The predicted octanol–water partition coefficient (Wildman–Crippen LogP) is 2.77. The third-order valence-corrected chi connectivity index (χ3v) is 3.31. The summed E-state index contributed by atoms with van der Waals surface area (Å²) < 4.78 is 1.47. The molecule has 0 atom stereocenters. The first kappa shape index (κ1) is 14.3. The van der Waals surface area contributed by atoms with Crippen LogP contribution in [0.3, 0.4) is 0 Å². The first-order chi connectivity index (χ1) is 9.40. The number of benzene rings is 1. The van der Waals surface area contributed by atoms with Crippen LogP contribution < -0.4 is 11.3 Å². The highest BCUT2D eigenvalue weighted by Gasteiger charge is 2.13. The van der Waals surface area contributed by atoms with E-state index in [2.05, 4.69) is 18.9 Å². The molecule has 0 aliphatic rings. The van der Waals surface area contributed by atoms with Gasteiger partial charge in [-0.15, -0.1) is 0 Å². The van der Waals surface area contributed by atoms with Gasteiger partial charge in [0.2, 0.25) is 0 Å². The van der Waals surface area contributed by atoms with Crippen molar-refractivity contribution < 1.29 is 0 Å². The van der Waals surface area contributed by atoms with Crippen LogP contribution in [0.15, 0.2) is 29.1 Å². The number of hydrogen-bond donors (Lipinski definition) is 1. The highest BCUT2D eigenvalue weighted by molar-refractivity contribution is 5.68. The van der Waals surface area contributed by atoms with Crippen molar-refractivity contribution in [2.75, 3.05) is 5.73 Å². The molecule has 2 N–H and O–H groups in total. The van der Waals surface area contributed by atoms with Gasteiger partial charge in [0.15, 0.2) is 0 Å². The molecule has 0 saturated heterocycles. The lowest BCUT2D eigenvalue weighted by molar-refractivity contribution is 0.466. The van der Waals surface area contributed by atoms with Crippen LogP contribution in [0, 0.1) is 19.8 Å². The molecule has 1 aromatic carbocycles. The summed E-state index contributed by atoms with van der Waals surface area (Å²) in [5, 5.41) is 4.50. The summed E-state index contributed by atoms with van der Waals surface area (Å²) in [5.41, 5.74) is 9.74. The molecule has 2 aromatic rings. The molecule has 0 amide bonds. The molecule has 106 valence electrons. The Kier molecular flexibility index (Phi) is 3.93. The summed E-state index contributed by atoms with van der Waals surface area (Å²) in [4.78, 5) is 12.1. The molecule has 1 heterocycles. The topological polar surface area (TPSA) is 60.9 Å². The molecule has 4 heteroatoms. The van der Waals surface area contributed by atoms with Crippen LogP contribution in [0.2, 0.25) is 0 Å². The highest BCUT2D eigenvalue weighted by Crippen LogP contribution is 2.23. The Labute approximate surface area is 119 Å². The standard InChI is InChI=1S/C16H21N3O/c1-10(2)9-19-16(20)14(17)12(4)15(18-19)13-7-5-11(3)6-8-13/h5-8,10H,9,17H2,1-4H3. The van der Waals surface area contributed by atoms with E-state index in [1.807, 2.05) is 38.1 Å². The maximum absolute atomic E-state index is 12.1. The van der Waals surface area contributed by atoms with Crippen molar-refractivity contribution in [1.29, 1.82) is 0 Å². The zero-order valence-electron chi connectivity index (χ0n) is 12.5. The first-order valence-corrected chi connectivity index (χ1v) is 6.84. The predicted molar refractivity (Wildman–Crippen MR) is 82.7 cm³/mol. The van der Waals surface area contributed by atoms with E-state index in [-0.39, 0.29) is 11.2 Å². The number of nitrogens with two attached hydrogens (primary N) is 1. The minimum atomic E-state index is -0.202. The number of anilines is 1. The van der Waals surface area contributed by atoms with Crippen molar-refractivity contribution in [2.45, 2.75) is 34.2 Å². The Bertz CT molecular complexity index is 669. The summed E-state index contributed by atoms with van der Waals surface area (Å²) in [6, 6.07) is 8.08. The maximum Gasteiger partial charge on any atom is 0.290 e. The molecular weight excluding hydrogens is 250 g/mol. The van der Waals surface area contributed by atoms with Crippen LogP contribution in [0.1, 0.15) is 25.0 Å². The Morgan fingerprint density at radius 3 is 2.35 bits per heavy atom. The van der Waals surface area contributed by atoms with E-state index in [0.717, 1.165) is 16.8 Å². The number of hydrogen-bond acceptors (Lipinski definition) is 3. The number of aromatic nitrogens is 2. The third kappa shape index (κ3) is 2.74. The largest absolute Gasteiger partial charge is 0.394 e. The van der Waals surface area contributed by atoms with Crippen LogP contribution in [0.4, 0.5) is 5.69 Å². The molecular formula is C16H21N3O. The van der Waals surface area contributed by atoms with Crippen LogP contribution in [-0.4, -0.2) is 9.78 Å². The van der Waals surface area contributed by atoms with E-state index in [4.69, 9.17) is 5.73 Å². The minimum Gasteiger partial charge on any atom is -0.394 e. The lowest BCUT2D eigenvalue weighted by Crippen LogP contribution is -2.29. The molecule has 0 aliphatic heterocycles. The third-order valence-electron chi connectivity index (χ3n) is 3.31. The fraction of sp³-hybridized carbons (Fsp3) is 0.375. The van der Waals surface area contributed by atoms with E-state index >= 15 is 0 Å². The van der Waals surface area contributed by atoms with Gasteiger partial charge in [-0.25, -0.2) is 4.68 Å². The van der Waals surface area contributed by atoms with E-state index in [9.17, 15) is 4.79 Å². The van der Waals surface area contributed by atoms with Gasteiger partial charge in [-0.1, -0.05) is 43.7 Å². The van der Waals surface area contributed by atoms with E-state index in [0.29, 0.717) is 12.5 Å². The second-order valence-electron chi connectivity index (χ2n) is 5.63. The fourth-order valence-corrected chi connectivity index (χ4v) is 2.12. The summed E-state index contributed by atoms with van der Waals surface area (Å²) in [6.07, 6.45) is 0. The first-order valence-electron chi connectivity index (χ1n) is 6.84. The molecule has 0 aliphatic carbocycles. The Morgan fingerprint density at radius 1 is 1.20 bits per heavy atom. The molecule has 0 radical (unpaired) electrons. The zero-order valence-corrected chi connectivity index (χ0v) is 12.5. The monoisotopic (exact) mass is 271 g/mol. The van der Waals surface area contributed by atoms with Crippen molar-refractivity contribution >= 4 is 5.69 Å². The van der Waals surface area contributed by atoms with Gasteiger partial charge in [-0.3, -0.25) is 4.79 Å². The van der Waals surface area contributed by atoms with E-state index < -0.39 is 0 Å². The summed E-state index contributed by atoms with van der Waals surface area (Å²) in [6.45, 7) is 8.56. The second-order valence-corrected chi connectivity index (χ2v) is 5.63. The average molecular weight is 271 g/mol. The Balaban J connectivity index is 2.61. The maximum atomic E-state index is 12.1. The van der Waals surface area contributed by atoms with E-state index in [1.165, 1.54) is 10.2 Å². The number of nitrogen functional groups attached to an aromatic ring is 1. The average Bonchev–Trinajstić information content (AvgIpc) is 2.40. The summed E-state index contributed by atoms with van der Waals surface area (Å²) in [7, 11) is 0. The molecule has 2 rings (SSSR count). The van der Waals surface area contributed by atoms with Crippen LogP contribution in [-0.2, 0) is 6.54 Å². The van der Waals surface area contributed by atoms with Gasteiger partial charge in [-0.2, -0.15) is 5.10 Å². The van der Waals surface area contributed by atoms with Crippen molar-refractivity contribution in [3.63, 3.8) is 0 Å². The fourth-order valence-electron chi connectivity index (χ4n) is 2.12.